The van der Waals surface area contributed by atoms with Crippen molar-refractivity contribution in [3.05, 3.63) is 5.82 Å². The molecule has 0 aliphatic heterocycles. The lowest BCUT2D eigenvalue weighted by molar-refractivity contribution is 0.445. The van der Waals surface area contributed by atoms with Gasteiger partial charge in [0, 0.05) is 5.25 Å². The van der Waals surface area contributed by atoms with Gasteiger partial charge in [0.1, 0.15) is 0 Å². The van der Waals surface area contributed by atoms with Gasteiger partial charge in [-0.15, -0.1) is 16.7 Å². The van der Waals surface area contributed by atoms with Crippen LogP contribution in [0.3, 0.4) is 0 Å². The number of tetrazole rings is 1. The first-order valence-electron chi connectivity index (χ1n) is 5.77. The van der Waals surface area contributed by atoms with E-state index in [1.807, 2.05) is 23.4 Å². The van der Waals surface area contributed by atoms with Crippen molar-refractivity contribution in [2.45, 2.75) is 49.8 Å². The maximum absolute atomic E-state index is 6.08. The number of thioether (sulfide) groups is 1. The summed E-state index contributed by atoms with van der Waals surface area (Å²) in [6.07, 6.45) is 3.69. The first-order valence-corrected chi connectivity index (χ1v) is 7.26. The van der Waals surface area contributed by atoms with Crippen LogP contribution in [0.5, 0.6) is 0 Å². The first-order chi connectivity index (χ1) is 7.74. The van der Waals surface area contributed by atoms with Crippen LogP contribution in [0.25, 0.3) is 0 Å². The molecular formula is C10H17ClN4S. The number of nitrogens with zero attached hydrogens (tertiary/aromatic N) is 4. The van der Waals surface area contributed by atoms with E-state index >= 15 is 0 Å². The van der Waals surface area contributed by atoms with E-state index in [0.29, 0.717) is 11.3 Å². The molecule has 0 amide bonds. The molecule has 1 aromatic rings. The van der Waals surface area contributed by atoms with Crippen LogP contribution >= 0.6 is 23.4 Å². The Hall–Kier alpha value is -0.290. The molecule has 0 bridgehead atoms. The Morgan fingerprint density at radius 2 is 2.38 bits per heavy atom. The molecule has 0 saturated heterocycles. The molecule has 3 unspecified atom stereocenters. The second-order valence-corrected chi connectivity index (χ2v) is 6.26. The van der Waals surface area contributed by atoms with Crippen LogP contribution in [0.1, 0.15) is 50.4 Å². The van der Waals surface area contributed by atoms with Gasteiger partial charge in [0.2, 0.25) is 0 Å². The van der Waals surface area contributed by atoms with Crippen molar-refractivity contribution >= 4 is 23.4 Å². The summed E-state index contributed by atoms with van der Waals surface area (Å²) in [5, 5.41) is 12.4. The predicted molar refractivity (Wildman–Crippen MR) is 66.9 cm³/mol. The van der Waals surface area contributed by atoms with Crippen LogP contribution in [0.4, 0.5) is 0 Å². The average molecular weight is 261 g/mol. The summed E-state index contributed by atoms with van der Waals surface area (Å²) in [5.41, 5.74) is 0. The van der Waals surface area contributed by atoms with E-state index in [2.05, 4.69) is 22.4 Å². The van der Waals surface area contributed by atoms with E-state index in [9.17, 15) is 0 Å². The van der Waals surface area contributed by atoms with Gasteiger partial charge in [0.25, 0.3) is 0 Å². The van der Waals surface area contributed by atoms with E-state index < -0.39 is 0 Å². The molecule has 1 saturated carbocycles. The van der Waals surface area contributed by atoms with E-state index in [4.69, 9.17) is 11.6 Å². The number of hydrogen-bond acceptors (Lipinski definition) is 4. The zero-order valence-electron chi connectivity index (χ0n) is 9.64. The Balaban J connectivity index is 2.19. The third kappa shape index (κ3) is 2.35. The zero-order valence-corrected chi connectivity index (χ0v) is 11.2. The SMILES string of the molecule is CCSC1CCCC1n1nnnc1C(C)Cl. The molecule has 0 N–H and O–H groups in total. The smallest absolute Gasteiger partial charge is 0.169 e. The Morgan fingerprint density at radius 3 is 3.06 bits per heavy atom. The van der Waals surface area contributed by atoms with Gasteiger partial charge in [-0.3, -0.25) is 0 Å². The second kappa shape index (κ2) is 5.36. The maximum Gasteiger partial charge on any atom is 0.169 e. The lowest BCUT2D eigenvalue weighted by Gasteiger charge is -2.20. The number of halogens is 1. The summed E-state index contributed by atoms with van der Waals surface area (Å²) in [7, 11) is 0. The number of rotatable bonds is 4. The third-order valence-corrected chi connectivity index (χ3v) is 4.49. The van der Waals surface area contributed by atoms with E-state index in [-0.39, 0.29) is 5.38 Å². The molecule has 1 aliphatic carbocycles. The molecule has 16 heavy (non-hydrogen) atoms. The third-order valence-electron chi connectivity index (χ3n) is 2.99. The van der Waals surface area contributed by atoms with Crippen LogP contribution < -0.4 is 0 Å². The lowest BCUT2D eigenvalue weighted by Crippen LogP contribution is -2.20. The lowest BCUT2D eigenvalue weighted by atomic mass is 10.2. The van der Waals surface area contributed by atoms with Gasteiger partial charge in [0.05, 0.1) is 11.4 Å². The highest BCUT2D eigenvalue weighted by Gasteiger charge is 2.32. The first kappa shape index (κ1) is 12.2. The molecule has 90 valence electrons. The molecule has 6 heteroatoms. The van der Waals surface area contributed by atoms with Crippen LogP contribution in [0.15, 0.2) is 0 Å². The number of alkyl halides is 1. The van der Waals surface area contributed by atoms with Gasteiger partial charge in [0.15, 0.2) is 5.82 Å². The molecule has 1 aromatic heterocycles. The fraction of sp³-hybridized carbons (Fsp3) is 0.900. The molecule has 2 rings (SSSR count). The van der Waals surface area contributed by atoms with Crippen LogP contribution in [-0.4, -0.2) is 31.2 Å². The van der Waals surface area contributed by atoms with Crippen molar-refractivity contribution in [1.29, 1.82) is 0 Å². The average Bonchev–Trinajstić information content (AvgIpc) is 2.83. The van der Waals surface area contributed by atoms with Gasteiger partial charge in [-0.2, -0.15) is 11.8 Å². The minimum Gasteiger partial charge on any atom is -0.224 e. The fourth-order valence-electron chi connectivity index (χ4n) is 2.29. The molecular weight excluding hydrogens is 244 g/mol. The molecule has 1 aliphatic rings. The topological polar surface area (TPSA) is 43.6 Å². The summed E-state index contributed by atoms with van der Waals surface area (Å²) in [4.78, 5) is 0. The summed E-state index contributed by atoms with van der Waals surface area (Å²) in [5.74, 6) is 1.95. The predicted octanol–water partition coefficient (Wildman–Crippen LogP) is 2.82. The second-order valence-electron chi connectivity index (χ2n) is 4.09. The summed E-state index contributed by atoms with van der Waals surface area (Å²) in [6, 6.07) is 0.427. The monoisotopic (exact) mass is 260 g/mol. The van der Waals surface area contributed by atoms with Crippen molar-refractivity contribution < 1.29 is 0 Å². The standard InChI is InChI=1S/C10H17ClN4S/c1-3-16-9-6-4-5-8(9)15-10(7(2)11)12-13-14-15/h7-9H,3-6H2,1-2H3. The van der Waals surface area contributed by atoms with E-state index in [1.54, 1.807) is 0 Å². The summed E-state index contributed by atoms with van der Waals surface area (Å²) < 4.78 is 1.94. The Bertz CT molecular complexity index is 341. The van der Waals surface area contributed by atoms with Crippen LogP contribution in [-0.2, 0) is 0 Å². The van der Waals surface area contributed by atoms with Gasteiger partial charge in [-0.1, -0.05) is 13.3 Å². The molecule has 4 nitrogen and oxygen atoms in total. The van der Waals surface area contributed by atoms with Crippen molar-refractivity contribution in [3.8, 4) is 0 Å². The highest BCUT2D eigenvalue weighted by molar-refractivity contribution is 7.99. The Morgan fingerprint density at radius 1 is 1.56 bits per heavy atom. The van der Waals surface area contributed by atoms with Crippen molar-refractivity contribution in [2.24, 2.45) is 0 Å². The zero-order chi connectivity index (χ0) is 11.5. The Kier molecular flexibility index (Phi) is 4.08. The molecule has 0 aromatic carbocycles. The quantitative estimate of drug-likeness (QED) is 0.781. The molecule has 0 spiro atoms. The van der Waals surface area contributed by atoms with Gasteiger partial charge >= 0.3 is 0 Å². The minimum absolute atomic E-state index is 0.122. The fourth-order valence-corrected chi connectivity index (χ4v) is 3.67. The highest BCUT2D eigenvalue weighted by Crippen LogP contribution is 2.39. The number of hydrogen-bond donors (Lipinski definition) is 0. The summed E-state index contributed by atoms with van der Waals surface area (Å²) >= 11 is 8.09. The van der Waals surface area contributed by atoms with Crippen molar-refractivity contribution in [3.63, 3.8) is 0 Å². The van der Waals surface area contributed by atoms with Gasteiger partial charge in [-0.05, 0) is 35.9 Å². The molecule has 1 fully saturated rings. The normalized spacial score (nSPS) is 27.2. The highest BCUT2D eigenvalue weighted by atomic mass is 35.5. The molecule has 1 heterocycles. The van der Waals surface area contributed by atoms with Gasteiger partial charge in [-0.25, -0.2) is 4.68 Å². The van der Waals surface area contributed by atoms with Gasteiger partial charge < -0.3 is 0 Å². The summed E-state index contributed by atoms with van der Waals surface area (Å²) in [6.45, 7) is 4.12. The Labute approximate surface area is 105 Å². The van der Waals surface area contributed by atoms with Crippen LogP contribution in [0.2, 0.25) is 0 Å². The molecule has 0 radical (unpaired) electrons. The van der Waals surface area contributed by atoms with Crippen molar-refractivity contribution in [2.75, 3.05) is 5.75 Å². The van der Waals surface area contributed by atoms with E-state index in [1.165, 1.54) is 19.3 Å². The number of aromatic nitrogens is 4. The van der Waals surface area contributed by atoms with Crippen LogP contribution in [0, 0.1) is 0 Å². The minimum atomic E-state index is -0.122. The van der Waals surface area contributed by atoms with Crippen molar-refractivity contribution in [1.82, 2.24) is 20.2 Å². The maximum atomic E-state index is 6.08. The molecule has 3 atom stereocenters. The largest absolute Gasteiger partial charge is 0.224 e. The van der Waals surface area contributed by atoms with E-state index in [0.717, 1.165) is 11.6 Å².